The van der Waals surface area contributed by atoms with Crippen molar-refractivity contribution in [3.05, 3.63) is 22.4 Å². The lowest BCUT2D eigenvalue weighted by Gasteiger charge is -2.32. The van der Waals surface area contributed by atoms with E-state index >= 15 is 0 Å². The van der Waals surface area contributed by atoms with Gasteiger partial charge in [0, 0.05) is 44.7 Å². The van der Waals surface area contributed by atoms with Crippen molar-refractivity contribution in [2.24, 2.45) is 10.9 Å². The summed E-state index contributed by atoms with van der Waals surface area (Å²) < 4.78 is 5.66. The van der Waals surface area contributed by atoms with E-state index < -0.39 is 0 Å². The zero-order valence-corrected chi connectivity index (χ0v) is 18.2. The Bertz CT molecular complexity index is 505. The Labute approximate surface area is 172 Å². The molecule has 3 rings (SSSR count). The Balaban J connectivity index is 0.00000225. The van der Waals surface area contributed by atoms with E-state index in [-0.39, 0.29) is 24.0 Å². The zero-order valence-electron chi connectivity index (χ0n) is 15.1. The van der Waals surface area contributed by atoms with Gasteiger partial charge in [0.05, 0.1) is 6.10 Å². The summed E-state index contributed by atoms with van der Waals surface area (Å²) >= 11 is 1.86. The molecule has 25 heavy (non-hydrogen) atoms. The maximum atomic E-state index is 5.66. The quantitative estimate of drug-likeness (QED) is 0.375. The highest BCUT2D eigenvalue weighted by atomic mass is 127. The number of nitrogens with zero attached hydrogens (tertiary/aromatic N) is 2. The van der Waals surface area contributed by atoms with Crippen molar-refractivity contribution in [1.82, 2.24) is 15.5 Å². The second-order valence-corrected chi connectivity index (χ2v) is 7.82. The van der Waals surface area contributed by atoms with Crippen LogP contribution in [-0.2, 0) is 11.3 Å². The van der Waals surface area contributed by atoms with Crippen LogP contribution in [0.25, 0.3) is 0 Å². The monoisotopic (exact) mass is 478 g/mol. The number of aliphatic imine (C=N–C) groups is 1. The Kier molecular flexibility index (Phi) is 9.51. The molecule has 2 fully saturated rings. The molecule has 2 atom stereocenters. The summed E-state index contributed by atoms with van der Waals surface area (Å²) in [6, 6.07) is 4.39. The molecule has 7 heteroatoms. The third-order valence-corrected chi connectivity index (χ3v) is 5.73. The Morgan fingerprint density at radius 1 is 1.32 bits per heavy atom. The first-order valence-corrected chi connectivity index (χ1v) is 10.0. The second-order valence-electron chi connectivity index (χ2n) is 6.79. The van der Waals surface area contributed by atoms with Crippen LogP contribution in [0.1, 0.15) is 30.6 Å². The van der Waals surface area contributed by atoms with Gasteiger partial charge in [0.15, 0.2) is 5.96 Å². The smallest absolute Gasteiger partial charge is 0.191 e. The molecule has 0 saturated carbocycles. The Morgan fingerprint density at radius 2 is 2.20 bits per heavy atom. The Hall–Kier alpha value is -0.380. The number of halogens is 1. The van der Waals surface area contributed by atoms with Crippen LogP contribution in [-0.4, -0.2) is 56.8 Å². The highest BCUT2D eigenvalue weighted by molar-refractivity contribution is 14.0. The number of ether oxygens (including phenoxy) is 1. The van der Waals surface area contributed by atoms with Crippen LogP contribution in [0.3, 0.4) is 0 Å². The predicted octanol–water partition coefficient (Wildman–Crippen LogP) is 2.92. The summed E-state index contributed by atoms with van der Waals surface area (Å²) in [7, 11) is 1.84. The molecule has 1 aromatic heterocycles. The fraction of sp³-hybridized carbons (Fsp3) is 0.722. The third-order valence-electron chi connectivity index (χ3n) is 4.87. The first kappa shape index (κ1) is 20.9. The van der Waals surface area contributed by atoms with Crippen molar-refractivity contribution in [1.29, 1.82) is 0 Å². The van der Waals surface area contributed by atoms with Gasteiger partial charge in [-0.3, -0.25) is 9.89 Å². The van der Waals surface area contributed by atoms with Crippen molar-refractivity contribution in [3.63, 3.8) is 0 Å². The van der Waals surface area contributed by atoms with Crippen LogP contribution in [0, 0.1) is 5.92 Å². The van der Waals surface area contributed by atoms with Crippen LogP contribution in [0.5, 0.6) is 0 Å². The molecule has 5 nitrogen and oxygen atoms in total. The normalized spacial score (nSPS) is 24.8. The Morgan fingerprint density at radius 3 is 2.92 bits per heavy atom. The molecule has 2 aliphatic heterocycles. The molecule has 0 aromatic carbocycles. The molecule has 1 aromatic rings. The topological polar surface area (TPSA) is 48.9 Å². The molecule has 3 heterocycles. The van der Waals surface area contributed by atoms with Crippen molar-refractivity contribution >= 4 is 41.3 Å². The van der Waals surface area contributed by atoms with Crippen LogP contribution in [0.15, 0.2) is 22.5 Å². The van der Waals surface area contributed by atoms with Crippen molar-refractivity contribution in [3.8, 4) is 0 Å². The highest BCUT2D eigenvalue weighted by Gasteiger charge is 2.21. The van der Waals surface area contributed by atoms with Crippen LogP contribution in [0.2, 0.25) is 0 Å². The zero-order chi connectivity index (χ0) is 16.6. The van der Waals surface area contributed by atoms with Gasteiger partial charge in [-0.25, -0.2) is 0 Å². The summed E-state index contributed by atoms with van der Waals surface area (Å²) in [5, 5.41) is 9.07. The summed E-state index contributed by atoms with van der Waals surface area (Å²) in [6.07, 6.45) is 5.28. The van der Waals surface area contributed by atoms with Gasteiger partial charge in [0.2, 0.25) is 0 Å². The van der Waals surface area contributed by atoms with Gasteiger partial charge < -0.3 is 15.4 Å². The van der Waals surface area contributed by atoms with E-state index in [9.17, 15) is 0 Å². The standard InChI is InChI=1S/C18H30N4OS.HI/c1-19-18(21-12-16-6-3-9-23-16)20-11-15-5-2-8-22(13-15)14-17-7-4-10-24-17;/h4,7,10,15-16H,2-3,5-6,8-9,11-14H2,1H3,(H2,19,20,21);1H. The lowest BCUT2D eigenvalue weighted by atomic mass is 9.98. The van der Waals surface area contributed by atoms with Crippen molar-refractivity contribution in [2.75, 3.05) is 39.8 Å². The summed E-state index contributed by atoms with van der Waals surface area (Å²) in [5.41, 5.74) is 0. The maximum Gasteiger partial charge on any atom is 0.191 e. The summed E-state index contributed by atoms with van der Waals surface area (Å²) in [4.78, 5) is 8.40. The molecule has 2 N–H and O–H groups in total. The van der Waals surface area contributed by atoms with Gasteiger partial charge in [-0.1, -0.05) is 6.07 Å². The number of hydrogen-bond acceptors (Lipinski definition) is 4. The van der Waals surface area contributed by atoms with Gasteiger partial charge in [0.1, 0.15) is 0 Å². The number of guanidine groups is 1. The van der Waals surface area contributed by atoms with Crippen LogP contribution in [0.4, 0.5) is 0 Å². The van der Waals surface area contributed by atoms with Crippen molar-refractivity contribution in [2.45, 2.75) is 38.3 Å². The lowest BCUT2D eigenvalue weighted by molar-refractivity contribution is 0.113. The SMILES string of the molecule is CN=C(NCC1CCCN(Cc2cccs2)C1)NCC1CCCO1.I. The molecule has 0 bridgehead atoms. The molecular formula is C18H31IN4OS. The summed E-state index contributed by atoms with van der Waals surface area (Å²) in [5.74, 6) is 1.60. The molecule has 0 amide bonds. The second kappa shape index (κ2) is 11.4. The van der Waals surface area contributed by atoms with Crippen LogP contribution >= 0.6 is 35.3 Å². The maximum absolute atomic E-state index is 5.66. The number of nitrogens with one attached hydrogen (secondary N) is 2. The minimum atomic E-state index is 0. The molecule has 2 aliphatic rings. The van der Waals surface area contributed by atoms with E-state index in [1.54, 1.807) is 0 Å². The molecule has 0 radical (unpaired) electrons. The van der Waals surface area contributed by atoms with Crippen molar-refractivity contribution < 1.29 is 4.74 Å². The minimum absolute atomic E-state index is 0. The fourth-order valence-corrected chi connectivity index (χ4v) is 4.31. The minimum Gasteiger partial charge on any atom is -0.376 e. The van der Waals surface area contributed by atoms with E-state index in [4.69, 9.17) is 4.74 Å². The van der Waals surface area contributed by atoms with E-state index in [1.165, 1.54) is 37.2 Å². The van der Waals surface area contributed by atoms with Gasteiger partial charge in [-0.2, -0.15) is 0 Å². The van der Waals surface area contributed by atoms with E-state index in [2.05, 4.69) is 38.0 Å². The summed E-state index contributed by atoms with van der Waals surface area (Å²) in [6.45, 7) is 6.25. The number of hydrogen-bond donors (Lipinski definition) is 2. The van der Waals surface area contributed by atoms with Gasteiger partial charge in [-0.05, 0) is 49.6 Å². The van der Waals surface area contributed by atoms with Gasteiger partial charge in [0.25, 0.3) is 0 Å². The lowest BCUT2D eigenvalue weighted by Crippen LogP contribution is -2.45. The van der Waals surface area contributed by atoms with Gasteiger partial charge in [-0.15, -0.1) is 35.3 Å². The van der Waals surface area contributed by atoms with E-state index in [0.717, 1.165) is 38.6 Å². The molecule has 0 aliphatic carbocycles. The highest BCUT2D eigenvalue weighted by Crippen LogP contribution is 2.20. The molecular weight excluding hydrogens is 447 g/mol. The number of rotatable bonds is 6. The first-order valence-electron chi connectivity index (χ1n) is 9.14. The predicted molar refractivity (Wildman–Crippen MR) is 116 cm³/mol. The fourth-order valence-electron chi connectivity index (χ4n) is 3.56. The number of piperidine rings is 1. The average Bonchev–Trinajstić information content (AvgIpc) is 3.29. The van der Waals surface area contributed by atoms with E-state index in [1.807, 2.05) is 18.4 Å². The molecule has 2 unspecified atom stereocenters. The van der Waals surface area contributed by atoms with E-state index in [0.29, 0.717) is 12.0 Å². The van der Waals surface area contributed by atoms with Crippen LogP contribution < -0.4 is 10.6 Å². The first-order chi connectivity index (χ1) is 11.8. The molecule has 2 saturated heterocycles. The van der Waals surface area contributed by atoms with Gasteiger partial charge >= 0.3 is 0 Å². The molecule has 0 spiro atoms. The molecule has 142 valence electrons. The third kappa shape index (κ3) is 7.03. The number of likely N-dealkylation sites (tertiary alicyclic amines) is 1. The largest absolute Gasteiger partial charge is 0.376 e. The number of thiophene rings is 1. The average molecular weight is 478 g/mol.